The second-order valence-electron chi connectivity index (χ2n) is 11.2. The molecule has 2 saturated heterocycles. The summed E-state index contributed by atoms with van der Waals surface area (Å²) in [5, 5.41) is 14.9. The monoisotopic (exact) mass is 475 g/mol. The summed E-state index contributed by atoms with van der Waals surface area (Å²) >= 11 is 0. The molecule has 0 bridgehead atoms. The SMILES string of the molecule is C/C(=C\c1ncnn1C)[C@@H]1C[C@@H]2O[C@]2(C)CCC[C@H](C)[C@H](O)[C@@H](C)C(=O)C(C)(C)CCC(=O)O1. The number of hydrogen-bond acceptors (Lipinski definition) is 7. The number of esters is 1. The highest BCUT2D eigenvalue weighted by Crippen LogP contribution is 2.45. The summed E-state index contributed by atoms with van der Waals surface area (Å²) in [4.78, 5) is 30.3. The van der Waals surface area contributed by atoms with Crippen LogP contribution in [0.4, 0.5) is 0 Å². The van der Waals surface area contributed by atoms with Crippen LogP contribution in [0.15, 0.2) is 11.9 Å². The molecule has 0 radical (unpaired) electrons. The molecule has 0 unspecified atom stereocenters. The number of rotatable bonds is 2. The van der Waals surface area contributed by atoms with Gasteiger partial charge in [0.2, 0.25) is 0 Å². The lowest BCUT2D eigenvalue weighted by Crippen LogP contribution is -2.39. The van der Waals surface area contributed by atoms with E-state index in [-0.39, 0.29) is 35.8 Å². The molecule has 0 aromatic carbocycles. The Kier molecular flexibility index (Phi) is 8.03. The quantitative estimate of drug-likeness (QED) is 0.511. The largest absolute Gasteiger partial charge is 0.458 e. The van der Waals surface area contributed by atoms with Crippen LogP contribution in [0, 0.1) is 17.3 Å². The van der Waals surface area contributed by atoms with E-state index in [0.29, 0.717) is 18.7 Å². The standard InChI is InChI=1S/C26H41N3O5/c1-16-9-8-11-26(6)20(34-26)14-19(17(2)13-21-27-15-28-29(21)7)33-22(30)10-12-25(4,5)24(32)18(3)23(16)31/h13,15-16,18-20,23,31H,8-12,14H2,1-7H3/b17-13+/t16-,18+,19-,20-,23-,26+/m0/s1. The molecule has 0 aliphatic carbocycles. The van der Waals surface area contributed by atoms with Crippen molar-refractivity contribution in [3.63, 3.8) is 0 Å². The first-order valence-electron chi connectivity index (χ1n) is 12.5. The first kappa shape index (κ1) is 26.5. The molecule has 190 valence electrons. The van der Waals surface area contributed by atoms with Crippen molar-refractivity contribution in [2.75, 3.05) is 0 Å². The molecule has 3 heterocycles. The third-order valence-corrected chi connectivity index (χ3v) is 7.81. The number of epoxide rings is 1. The summed E-state index contributed by atoms with van der Waals surface area (Å²) < 4.78 is 13.7. The number of carbonyl (C=O) groups excluding carboxylic acids is 2. The Balaban J connectivity index is 1.82. The second kappa shape index (κ2) is 10.3. The molecule has 0 amide bonds. The molecule has 1 N–H and O–H groups in total. The van der Waals surface area contributed by atoms with Crippen LogP contribution < -0.4 is 0 Å². The number of aliphatic hydroxyl groups is 1. The lowest BCUT2D eigenvalue weighted by molar-refractivity contribution is -0.149. The van der Waals surface area contributed by atoms with Crippen LogP contribution in [0.1, 0.15) is 85.9 Å². The Labute approximate surface area is 203 Å². The van der Waals surface area contributed by atoms with Crippen molar-refractivity contribution < 1.29 is 24.2 Å². The van der Waals surface area contributed by atoms with Gasteiger partial charge in [0.25, 0.3) is 0 Å². The maximum Gasteiger partial charge on any atom is 0.306 e. The summed E-state index contributed by atoms with van der Waals surface area (Å²) in [5.74, 6) is -0.142. The number of aliphatic hydroxyl groups excluding tert-OH is 1. The Bertz CT molecular complexity index is 923. The highest BCUT2D eigenvalue weighted by molar-refractivity contribution is 5.87. The van der Waals surface area contributed by atoms with E-state index in [1.807, 2.05) is 40.8 Å². The van der Waals surface area contributed by atoms with Crippen molar-refractivity contribution in [3.05, 3.63) is 17.7 Å². The van der Waals surface area contributed by atoms with Crippen molar-refractivity contribution in [1.82, 2.24) is 14.8 Å². The van der Waals surface area contributed by atoms with E-state index in [1.54, 1.807) is 11.6 Å². The minimum Gasteiger partial charge on any atom is -0.458 e. The average Bonchev–Trinajstić information content (AvgIpc) is 3.23. The Morgan fingerprint density at radius 2 is 1.94 bits per heavy atom. The summed E-state index contributed by atoms with van der Waals surface area (Å²) in [6.45, 7) is 11.5. The zero-order valence-electron chi connectivity index (χ0n) is 21.7. The van der Waals surface area contributed by atoms with Crippen molar-refractivity contribution in [2.24, 2.45) is 24.3 Å². The van der Waals surface area contributed by atoms with Gasteiger partial charge in [-0.05, 0) is 50.7 Å². The Morgan fingerprint density at radius 1 is 1.24 bits per heavy atom. The molecular formula is C26H41N3O5. The lowest BCUT2D eigenvalue weighted by Gasteiger charge is -2.31. The first-order valence-corrected chi connectivity index (χ1v) is 12.5. The van der Waals surface area contributed by atoms with Crippen LogP contribution in [0.3, 0.4) is 0 Å². The minimum atomic E-state index is -0.729. The Morgan fingerprint density at radius 3 is 2.59 bits per heavy atom. The van der Waals surface area contributed by atoms with Gasteiger partial charge in [0.05, 0.1) is 17.8 Å². The summed E-state index contributed by atoms with van der Waals surface area (Å²) in [5.41, 5.74) is -0.113. The fraction of sp³-hybridized carbons (Fsp3) is 0.769. The molecule has 2 aliphatic heterocycles. The van der Waals surface area contributed by atoms with Crippen molar-refractivity contribution in [1.29, 1.82) is 0 Å². The molecule has 8 nitrogen and oxygen atoms in total. The van der Waals surface area contributed by atoms with Crippen LogP contribution in [-0.2, 0) is 26.1 Å². The van der Waals surface area contributed by atoms with E-state index in [1.165, 1.54) is 6.33 Å². The molecule has 0 saturated carbocycles. The van der Waals surface area contributed by atoms with E-state index in [2.05, 4.69) is 17.0 Å². The molecule has 1 aromatic heterocycles. The van der Waals surface area contributed by atoms with Gasteiger partial charge in [-0.3, -0.25) is 9.59 Å². The maximum atomic E-state index is 13.2. The topological polar surface area (TPSA) is 107 Å². The minimum absolute atomic E-state index is 0.00164. The number of hydrogen-bond donors (Lipinski definition) is 1. The predicted octanol–water partition coefficient (Wildman–Crippen LogP) is 3.87. The fourth-order valence-electron chi connectivity index (χ4n) is 5.03. The highest BCUT2D eigenvalue weighted by Gasteiger charge is 2.52. The van der Waals surface area contributed by atoms with Gasteiger partial charge in [0.1, 0.15) is 18.2 Å². The molecule has 34 heavy (non-hydrogen) atoms. The molecule has 2 aliphatic rings. The van der Waals surface area contributed by atoms with E-state index in [4.69, 9.17) is 9.47 Å². The van der Waals surface area contributed by atoms with Gasteiger partial charge in [-0.1, -0.05) is 34.1 Å². The van der Waals surface area contributed by atoms with Crippen molar-refractivity contribution in [2.45, 2.75) is 104 Å². The number of fused-ring (bicyclic) bond motifs is 1. The van der Waals surface area contributed by atoms with Crippen LogP contribution in [-0.4, -0.2) is 55.5 Å². The maximum absolute atomic E-state index is 13.2. The zero-order chi connectivity index (χ0) is 25.3. The Hall–Kier alpha value is -2.06. The summed E-state index contributed by atoms with van der Waals surface area (Å²) in [7, 11) is 1.82. The normalized spacial score (nSPS) is 36.0. The van der Waals surface area contributed by atoms with Gasteiger partial charge in [-0.2, -0.15) is 5.10 Å². The first-order chi connectivity index (χ1) is 15.8. The highest BCUT2D eigenvalue weighted by atomic mass is 16.6. The van der Waals surface area contributed by atoms with Crippen LogP contribution >= 0.6 is 0 Å². The molecule has 1 aromatic rings. The third kappa shape index (κ3) is 6.13. The van der Waals surface area contributed by atoms with Gasteiger partial charge in [0, 0.05) is 31.2 Å². The average molecular weight is 476 g/mol. The number of carbonyl (C=O) groups is 2. The molecular weight excluding hydrogens is 434 g/mol. The molecule has 3 rings (SSSR count). The fourth-order valence-corrected chi connectivity index (χ4v) is 5.03. The third-order valence-electron chi connectivity index (χ3n) is 7.81. The van der Waals surface area contributed by atoms with E-state index in [0.717, 1.165) is 24.8 Å². The number of aryl methyl sites for hydroxylation is 1. The number of Topliss-reactive ketones (excluding diaryl/α,β-unsaturated/α-hetero) is 1. The van der Waals surface area contributed by atoms with E-state index < -0.39 is 23.5 Å². The van der Waals surface area contributed by atoms with Gasteiger partial charge < -0.3 is 14.6 Å². The predicted molar refractivity (Wildman–Crippen MR) is 129 cm³/mol. The van der Waals surface area contributed by atoms with Crippen molar-refractivity contribution in [3.8, 4) is 0 Å². The molecule has 0 spiro atoms. The van der Waals surface area contributed by atoms with Crippen LogP contribution in [0.2, 0.25) is 0 Å². The number of aromatic nitrogens is 3. The number of ketones is 1. The number of nitrogens with zero attached hydrogens (tertiary/aromatic N) is 3. The summed E-state index contributed by atoms with van der Waals surface area (Å²) in [6.07, 6.45) is 5.89. The van der Waals surface area contributed by atoms with Gasteiger partial charge in [-0.15, -0.1) is 0 Å². The summed E-state index contributed by atoms with van der Waals surface area (Å²) in [6, 6.07) is 0. The smallest absolute Gasteiger partial charge is 0.306 e. The molecule has 8 heteroatoms. The van der Waals surface area contributed by atoms with Crippen molar-refractivity contribution >= 4 is 17.8 Å². The zero-order valence-corrected chi connectivity index (χ0v) is 21.7. The molecule has 2 fully saturated rings. The van der Waals surface area contributed by atoms with Gasteiger partial charge in [-0.25, -0.2) is 9.67 Å². The van der Waals surface area contributed by atoms with Crippen LogP contribution in [0.25, 0.3) is 6.08 Å². The van der Waals surface area contributed by atoms with Gasteiger partial charge >= 0.3 is 5.97 Å². The lowest BCUT2D eigenvalue weighted by atomic mass is 9.74. The van der Waals surface area contributed by atoms with Crippen LogP contribution in [0.5, 0.6) is 0 Å². The molecule has 6 atom stereocenters. The number of ether oxygens (including phenoxy) is 2. The van der Waals surface area contributed by atoms with E-state index in [9.17, 15) is 14.7 Å². The second-order valence-corrected chi connectivity index (χ2v) is 11.2. The van der Waals surface area contributed by atoms with Gasteiger partial charge in [0.15, 0.2) is 5.82 Å². The number of cyclic esters (lactones) is 1. The van der Waals surface area contributed by atoms with E-state index >= 15 is 0 Å².